The molecule has 0 radical (unpaired) electrons. The summed E-state index contributed by atoms with van der Waals surface area (Å²) < 4.78 is 26.4. The number of hydrogen-bond acceptors (Lipinski definition) is 4. The van der Waals surface area contributed by atoms with Crippen LogP contribution in [0.15, 0.2) is 47.6 Å². The Morgan fingerprint density at radius 2 is 2.05 bits per heavy atom. The van der Waals surface area contributed by atoms with Crippen LogP contribution in [0.2, 0.25) is 0 Å². The topological polar surface area (TPSA) is 95.1 Å². The molecular weight excluding hydrogens is 266 g/mol. The standard InChI is InChI=1S/C12H15N3O3S/c16-9-11(6-10-4-2-1-3-5-10)15-19(17,18)12-7-13-14-8-12/h1-5,7-8,11,15-16H,6,9H2,(H,13,14). The van der Waals surface area contributed by atoms with Crippen molar-refractivity contribution in [2.24, 2.45) is 0 Å². The van der Waals surface area contributed by atoms with Gasteiger partial charge >= 0.3 is 0 Å². The first-order chi connectivity index (χ1) is 9.12. The van der Waals surface area contributed by atoms with Crippen molar-refractivity contribution < 1.29 is 13.5 Å². The molecule has 2 aromatic rings. The second-order valence-corrected chi connectivity index (χ2v) is 5.84. The van der Waals surface area contributed by atoms with Gasteiger partial charge in [-0.1, -0.05) is 30.3 Å². The molecule has 0 amide bonds. The highest BCUT2D eigenvalue weighted by Gasteiger charge is 2.20. The first kappa shape index (κ1) is 13.7. The number of benzene rings is 1. The number of nitrogens with zero attached hydrogens (tertiary/aromatic N) is 1. The fourth-order valence-electron chi connectivity index (χ4n) is 1.72. The molecule has 1 unspecified atom stereocenters. The van der Waals surface area contributed by atoms with Crippen LogP contribution in [-0.4, -0.2) is 36.4 Å². The third kappa shape index (κ3) is 3.63. The number of aromatic amines is 1. The molecule has 3 N–H and O–H groups in total. The molecule has 6 nitrogen and oxygen atoms in total. The Balaban J connectivity index is 2.08. The van der Waals surface area contributed by atoms with Crippen molar-refractivity contribution in [2.45, 2.75) is 17.4 Å². The maximum absolute atomic E-state index is 12.0. The zero-order valence-electron chi connectivity index (χ0n) is 10.2. The number of nitrogens with one attached hydrogen (secondary N) is 2. The molecule has 1 heterocycles. The van der Waals surface area contributed by atoms with Crippen LogP contribution in [0.1, 0.15) is 5.56 Å². The van der Waals surface area contributed by atoms with Crippen LogP contribution < -0.4 is 4.72 Å². The van der Waals surface area contributed by atoms with E-state index in [1.807, 2.05) is 30.3 Å². The Morgan fingerprint density at radius 3 is 2.63 bits per heavy atom. The molecule has 0 aliphatic carbocycles. The van der Waals surface area contributed by atoms with Gasteiger partial charge in [0, 0.05) is 12.2 Å². The van der Waals surface area contributed by atoms with E-state index in [4.69, 9.17) is 0 Å². The predicted octanol–water partition coefficient (Wildman–Crippen LogP) is 0.292. The highest BCUT2D eigenvalue weighted by molar-refractivity contribution is 7.89. The van der Waals surface area contributed by atoms with Gasteiger partial charge in [0.05, 0.1) is 12.8 Å². The van der Waals surface area contributed by atoms with Crippen molar-refractivity contribution in [1.29, 1.82) is 0 Å². The van der Waals surface area contributed by atoms with Gasteiger partial charge in [-0.05, 0) is 12.0 Å². The molecule has 2 rings (SSSR count). The number of aliphatic hydroxyl groups is 1. The van der Waals surface area contributed by atoms with Crippen LogP contribution in [0.3, 0.4) is 0 Å². The lowest BCUT2D eigenvalue weighted by atomic mass is 10.1. The van der Waals surface area contributed by atoms with Gasteiger partial charge < -0.3 is 5.11 Å². The van der Waals surface area contributed by atoms with Gasteiger partial charge in [0.2, 0.25) is 10.0 Å². The molecule has 0 aliphatic heterocycles. The molecule has 7 heteroatoms. The van der Waals surface area contributed by atoms with E-state index in [9.17, 15) is 13.5 Å². The van der Waals surface area contributed by atoms with E-state index >= 15 is 0 Å². The normalized spacial score (nSPS) is 13.3. The molecule has 0 bridgehead atoms. The second-order valence-electron chi connectivity index (χ2n) is 4.12. The van der Waals surface area contributed by atoms with Crippen molar-refractivity contribution in [3.05, 3.63) is 48.3 Å². The molecule has 19 heavy (non-hydrogen) atoms. The van der Waals surface area contributed by atoms with E-state index in [0.29, 0.717) is 6.42 Å². The van der Waals surface area contributed by atoms with Crippen molar-refractivity contribution in [2.75, 3.05) is 6.61 Å². The molecule has 0 spiro atoms. The van der Waals surface area contributed by atoms with Gasteiger partial charge in [0.1, 0.15) is 4.90 Å². The minimum atomic E-state index is -3.65. The van der Waals surface area contributed by atoms with E-state index in [0.717, 1.165) is 5.56 Å². The summed E-state index contributed by atoms with van der Waals surface area (Å²) >= 11 is 0. The lowest BCUT2D eigenvalue weighted by Gasteiger charge is -2.15. The second kappa shape index (κ2) is 5.96. The molecular formula is C12H15N3O3S. The molecule has 1 aromatic heterocycles. The lowest BCUT2D eigenvalue weighted by molar-refractivity contribution is 0.256. The van der Waals surface area contributed by atoms with Gasteiger partial charge in [0.15, 0.2) is 0 Å². The van der Waals surface area contributed by atoms with E-state index in [2.05, 4.69) is 14.9 Å². The molecule has 0 fully saturated rings. The number of rotatable bonds is 6. The largest absolute Gasteiger partial charge is 0.395 e. The molecule has 0 saturated heterocycles. The third-order valence-electron chi connectivity index (χ3n) is 2.65. The first-order valence-corrected chi connectivity index (χ1v) is 7.26. The summed E-state index contributed by atoms with van der Waals surface area (Å²) in [6, 6.07) is 8.82. The summed E-state index contributed by atoms with van der Waals surface area (Å²) in [6.45, 7) is -0.272. The summed E-state index contributed by atoms with van der Waals surface area (Å²) in [5.41, 5.74) is 0.955. The highest BCUT2D eigenvalue weighted by Crippen LogP contribution is 2.08. The summed E-state index contributed by atoms with van der Waals surface area (Å²) in [5, 5.41) is 15.3. The minimum Gasteiger partial charge on any atom is -0.395 e. The maximum atomic E-state index is 12.0. The number of aliphatic hydroxyl groups excluding tert-OH is 1. The van der Waals surface area contributed by atoms with Crippen LogP contribution in [0.4, 0.5) is 0 Å². The van der Waals surface area contributed by atoms with Crippen LogP contribution in [0, 0.1) is 0 Å². The zero-order valence-corrected chi connectivity index (χ0v) is 11.0. The van der Waals surface area contributed by atoms with Crippen molar-refractivity contribution in [3.63, 3.8) is 0 Å². The fraction of sp³-hybridized carbons (Fsp3) is 0.250. The van der Waals surface area contributed by atoms with E-state index in [-0.39, 0.29) is 11.5 Å². The highest BCUT2D eigenvalue weighted by atomic mass is 32.2. The summed E-state index contributed by atoms with van der Waals surface area (Å²) in [4.78, 5) is 0.0546. The number of H-pyrrole nitrogens is 1. The molecule has 0 aliphatic rings. The fourth-order valence-corrected chi connectivity index (χ4v) is 2.85. The van der Waals surface area contributed by atoms with Crippen molar-refractivity contribution in [3.8, 4) is 0 Å². The Hall–Kier alpha value is -1.70. The number of hydrogen-bond donors (Lipinski definition) is 3. The zero-order chi connectivity index (χ0) is 13.7. The Kier molecular flexibility index (Phi) is 4.31. The van der Waals surface area contributed by atoms with Gasteiger partial charge in [-0.15, -0.1) is 0 Å². The van der Waals surface area contributed by atoms with E-state index in [1.165, 1.54) is 12.4 Å². The lowest BCUT2D eigenvalue weighted by Crippen LogP contribution is -2.38. The molecule has 1 atom stereocenters. The number of aromatic nitrogens is 2. The predicted molar refractivity (Wildman–Crippen MR) is 69.9 cm³/mol. The smallest absolute Gasteiger partial charge is 0.244 e. The van der Waals surface area contributed by atoms with Gasteiger partial charge in [-0.2, -0.15) is 5.10 Å². The summed E-state index contributed by atoms with van der Waals surface area (Å²) in [6.07, 6.45) is 2.94. The molecule has 102 valence electrons. The van der Waals surface area contributed by atoms with Crippen LogP contribution in [0.5, 0.6) is 0 Å². The van der Waals surface area contributed by atoms with E-state index in [1.54, 1.807) is 0 Å². The Labute approximate surface area is 111 Å². The monoisotopic (exact) mass is 281 g/mol. The SMILES string of the molecule is O=S(=O)(NC(CO)Cc1ccccc1)c1cn[nH]c1. The van der Waals surface area contributed by atoms with Crippen molar-refractivity contribution in [1.82, 2.24) is 14.9 Å². The third-order valence-corrected chi connectivity index (χ3v) is 4.14. The van der Waals surface area contributed by atoms with Gasteiger partial charge in [0.25, 0.3) is 0 Å². The van der Waals surface area contributed by atoms with Crippen molar-refractivity contribution >= 4 is 10.0 Å². The van der Waals surface area contributed by atoms with Crippen LogP contribution in [-0.2, 0) is 16.4 Å². The van der Waals surface area contributed by atoms with Gasteiger partial charge in [-0.3, -0.25) is 5.10 Å². The maximum Gasteiger partial charge on any atom is 0.244 e. The molecule has 0 saturated carbocycles. The average Bonchev–Trinajstić information content (AvgIpc) is 2.93. The molecule has 1 aromatic carbocycles. The Bertz CT molecular complexity index is 596. The minimum absolute atomic E-state index is 0.0546. The quantitative estimate of drug-likeness (QED) is 0.709. The van der Waals surface area contributed by atoms with Gasteiger partial charge in [-0.25, -0.2) is 13.1 Å². The van der Waals surface area contributed by atoms with Crippen LogP contribution >= 0.6 is 0 Å². The first-order valence-electron chi connectivity index (χ1n) is 5.78. The average molecular weight is 281 g/mol. The summed E-state index contributed by atoms with van der Waals surface area (Å²) in [5.74, 6) is 0. The Morgan fingerprint density at radius 1 is 1.32 bits per heavy atom. The number of sulfonamides is 1. The van der Waals surface area contributed by atoms with Crippen LogP contribution in [0.25, 0.3) is 0 Å². The van der Waals surface area contributed by atoms with E-state index < -0.39 is 16.1 Å². The summed E-state index contributed by atoms with van der Waals surface area (Å²) in [7, 11) is -3.65.